The molecule has 5 nitrogen and oxygen atoms in total. The van der Waals surface area contributed by atoms with E-state index in [-0.39, 0.29) is 32.6 Å². The molecule has 35 heavy (non-hydrogen) atoms. The highest BCUT2D eigenvalue weighted by molar-refractivity contribution is 7.10. The second-order valence-electron chi connectivity index (χ2n) is 7.65. The lowest BCUT2D eigenvalue weighted by Crippen LogP contribution is -2.29. The van der Waals surface area contributed by atoms with Gasteiger partial charge in [-0.25, -0.2) is 0 Å². The van der Waals surface area contributed by atoms with E-state index in [0.29, 0.717) is 4.88 Å². The summed E-state index contributed by atoms with van der Waals surface area (Å²) in [6.45, 7) is 1.76. The minimum Gasteiger partial charge on any atom is -0.507 e. The van der Waals surface area contributed by atoms with Crippen LogP contribution in [0.25, 0.3) is 5.76 Å². The zero-order valence-electron chi connectivity index (χ0n) is 18.1. The van der Waals surface area contributed by atoms with Crippen molar-refractivity contribution in [2.75, 3.05) is 12.0 Å². The van der Waals surface area contributed by atoms with Crippen LogP contribution >= 0.6 is 34.5 Å². The number of halogens is 5. The molecule has 1 aromatic heterocycles. The van der Waals surface area contributed by atoms with Gasteiger partial charge >= 0.3 is 6.18 Å². The van der Waals surface area contributed by atoms with Gasteiger partial charge in [-0.15, -0.1) is 11.3 Å². The van der Waals surface area contributed by atoms with Crippen LogP contribution in [0.3, 0.4) is 0 Å². The number of alkyl halides is 3. The van der Waals surface area contributed by atoms with Crippen molar-refractivity contribution in [3.8, 4) is 5.75 Å². The molecule has 1 N–H and O–H groups in total. The highest BCUT2D eigenvalue weighted by Gasteiger charge is 2.48. The smallest absolute Gasteiger partial charge is 0.416 e. The van der Waals surface area contributed by atoms with Gasteiger partial charge in [0.15, 0.2) is 5.75 Å². The van der Waals surface area contributed by atoms with E-state index >= 15 is 0 Å². The summed E-state index contributed by atoms with van der Waals surface area (Å²) in [4.78, 5) is 27.9. The van der Waals surface area contributed by atoms with Crippen LogP contribution in [0.1, 0.15) is 27.6 Å². The largest absolute Gasteiger partial charge is 0.507 e. The summed E-state index contributed by atoms with van der Waals surface area (Å²) in [5.74, 6) is -2.35. The van der Waals surface area contributed by atoms with Gasteiger partial charge in [0.05, 0.1) is 28.3 Å². The number of hydrogen-bond acceptors (Lipinski definition) is 5. The third-order valence-electron chi connectivity index (χ3n) is 5.54. The Hall–Kier alpha value is -3.01. The second-order valence-corrected chi connectivity index (χ2v) is 9.42. The van der Waals surface area contributed by atoms with Gasteiger partial charge in [0.25, 0.3) is 11.7 Å². The monoisotopic (exact) mass is 541 g/mol. The van der Waals surface area contributed by atoms with Crippen molar-refractivity contribution >= 4 is 57.7 Å². The molecule has 2 aromatic carbocycles. The number of aliphatic hydroxyl groups excluding tert-OH is 1. The van der Waals surface area contributed by atoms with Crippen LogP contribution in [-0.2, 0) is 15.8 Å². The molecule has 4 rings (SSSR count). The molecule has 2 heterocycles. The minimum atomic E-state index is -4.57. The third-order valence-corrected chi connectivity index (χ3v) is 7.18. The van der Waals surface area contributed by atoms with Crippen molar-refractivity contribution in [1.29, 1.82) is 0 Å². The molecule has 1 atom stereocenters. The zero-order chi connectivity index (χ0) is 25.7. The number of carbonyl (C=O) groups excluding carboxylic acids is 2. The number of ketones is 1. The summed E-state index contributed by atoms with van der Waals surface area (Å²) in [5.41, 5.74) is -0.259. The lowest BCUT2D eigenvalue weighted by molar-refractivity contribution is -0.137. The number of aryl methyl sites for hydroxylation is 1. The summed E-state index contributed by atoms with van der Waals surface area (Å²) >= 11 is 13.6. The number of Topliss-reactive ketones (excluding diaryl/α,β-unsaturated/α-hetero) is 1. The Kier molecular flexibility index (Phi) is 6.61. The molecule has 0 spiro atoms. The van der Waals surface area contributed by atoms with E-state index < -0.39 is 35.2 Å². The van der Waals surface area contributed by atoms with Crippen LogP contribution < -0.4 is 9.64 Å². The van der Waals surface area contributed by atoms with Crippen LogP contribution in [0.5, 0.6) is 5.75 Å². The maximum Gasteiger partial charge on any atom is 0.416 e. The predicted molar refractivity (Wildman–Crippen MR) is 128 cm³/mol. The van der Waals surface area contributed by atoms with E-state index in [0.717, 1.165) is 34.7 Å². The zero-order valence-corrected chi connectivity index (χ0v) is 20.4. The van der Waals surface area contributed by atoms with Crippen LogP contribution in [0.2, 0.25) is 10.0 Å². The summed E-state index contributed by atoms with van der Waals surface area (Å²) in [6.07, 6.45) is -4.57. The molecular weight excluding hydrogens is 526 g/mol. The lowest BCUT2D eigenvalue weighted by atomic mass is 9.98. The molecule has 1 fully saturated rings. The van der Waals surface area contributed by atoms with Gasteiger partial charge in [0.1, 0.15) is 11.8 Å². The van der Waals surface area contributed by atoms with E-state index in [1.54, 1.807) is 18.4 Å². The lowest BCUT2D eigenvalue weighted by Gasteiger charge is -2.25. The van der Waals surface area contributed by atoms with Gasteiger partial charge in [-0.05, 0) is 60.3 Å². The topological polar surface area (TPSA) is 66.8 Å². The first-order valence-electron chi connectivity index (χ1n) is 10.0. The van der Waals surface area contributed by atoms with Gasteiger partial charge in [-0.3, -0.25) is 14.5 Å². The van der Waals surface area contributed by atoms with E-state index in [1.165, 1.54) is 30.6 Å². The van der Waals surface area contributed by atoms with Crippen LogP contribution in [0, 0.1) is 6.92 Å². The first kappa shape index (κ1) is 25.1. The molecule has 0 bridgehead atoms. The Balaban J connectivity index is 1.92. The number of hydrogen-bond donors (Lipinski definition) is 1. The summed E-state index contributed by atoms with van der Waals surface area (Å²) in [5, 5.41) is 13.1. The molecule has 0 aliphatic carbocycles. The number of thiophene rings is 1. The van der Waals surface area contributed by atoms with E-state index in [1.807, 2.05) is 0 Å². The van der Waals surface area contributed by atoms with Gasteiger partial charge in [0, 0.05) is 16.1 Å². The normalized spacial score (nSPS) is 17.8. The first-order valence-corrected chi connectivity index (χ1v) is 11.6. The van der Waals surface area contributed by atoms with Crippen molar-refractivity contribution in [3.05, 3.63) is 85.0 Å². The van der Waals surface area contributed by atoms with Crippen LogP contribution in [0.4, 0.5) is 18.9 Å². The number of methoxy groups -OCH3 is 1. The van der Waals surface area contributed by atoms with E-state index in [4.69, 9.17) is 27.9 Å². The first-order chi connectivity index (χ1) is 16.5. The third kappa shape index (κ3) is 4.39. The highest BCUT2D eigenvalue weighted by Crippen LogP contribution is 2.46. The average molecular weight is 542 g/mol. The van der Waals surface area contributed by atoms with Crippen molar-refractivity contribution in [1.82, 2.24) is 0 Å². The number of carbonyl (C=O) groups is 2. The molecule has 1 aliphatic rings. The standard InChI is InChI=1S/C24H16Cl2F3NO4S/c1-11-7-8-35-22(11)18-17(19(31)12-9-15(25)21(34-2)16(26)10-12)20(32)23(33)30(18)14-5-3-13(4-6-14)24(27,28)29/h3-10,18,31H,1-2H3/b19-17-. The highest BCUT2D eigenvalue weighted by atomic mass is 35.5. The SMILES string of the molecule is COc1c(Cl)cc(/C(O)=C2/C(=O)C(=O)N(c3ccc(C(F)(F)F)cc3)C2c2sccc2C)cc1Cl. The van der Waals surface area contributed by atoms with Gasteiger partial charge in [-0.1, -0.05) is 23.2 Å². The quantitative estimate of drug-likeness (QED) is 0.219. The van der Waals surface area contributed by atoms with E-state index in [2.05, 4.69) is 0 Å². The number of benzene rings is 2. The van der Waals surface area contributed by atoms with Crippen LogP contribution in [-0.4, -0.2) is 23.9 Å². The predicted octanol–water partition coefficient (Wildman–Crippen LogP) is 7.02. The molecule has 3 aromatic rings. The number of ether oxygens (including phenoxy) is 1. The molecular formula is C24H16Cl2F3NO4S. The second kappa shape index (κ2) is 9.22. The summed E-state index contributed by atoms with van der Waals surface area (Å²) < 4.78 is 44.3. The Morgan fingerprint density at radius 2 is 1.69 bits per heavy atom. The molecule has 1 amide bonds. The molecule has 1 aliphatic heterocycles. The number of rotatable bonds is 4. The Bertz CT molecular complexity index is 1340. The van der Waals surface area contributed by atoms with Crippen molar-refractivity contribution in [2.24, 2.45) is 0 Å². The van der Waals surface area contributed by atoms with Gasteiger partial charge < -0.3 is 9.84 Å². The number of amides is 1. The molecule has 0 saturated carbocycles. The van der Waals surface area contributed by atoms with Crippen LogP contribution in [0.15, 0.2) is 53.4 Å². The molecule has 182 valence electrons. The van der Waals surface area contributed by atoms with E-state index in [9.17, 15) is 27.9 Å². The molecule has 0 radical (unpaired) electrons. The Labute approximate surface area is 212 Å². The Morgan fingerprint density at radius 1 is 1.09 bits per heavy atom. The van der Waals surface area contributed by atoms with Gasteiger partial charge in [-0.2, -0.15) is 13.2 Å². The molecule has 11 heteroatoms. The average Bonchev–Trinajstić information content (AvgIpc) is 3.33. The summed E-state index contributed by atoms with van der Waals surface area (Å²) in [7, 11) is 1.36. The van der Waals surface area contributed by atoms with Crippen molar-refractivity contribution < 1.29 is 32.6 Å². The fourth-order valence-electron chi connectivity index (χ4n) is 3.87. The van der Waals surface area contributed by atoms with Crippen molar-refractivity contribution in [3.63, 3.8) is 0 Å². The minimum absolute atomic E-state index is 0.0716. The summed E-state index contributed by atoms with van der Waals surface area (Å²) in [6, 6.07) is 7.26. The fourth-order valence-corrected chi connectivity index (χ4v) is 5.54. The van der Waals surface area contributed by atoms with Crippen molar-refractivity contribution in [2.45, 2.75) is 19.1 Å². The fraction of sp³-hybridized carbons (Fsp3) is 0.167. The molecule has 1 saturated heterocycles. The number of nitrogens with zero attached hydrogens (tertiary/aromatic N) is 1. The number of aliphatic hydroxyl groups is 1. The van der Waals surface area contributed by atoms with Gasteiger partial charge in [0.2, 0.25) is 0 Å². The molecule has 1 unspecified atom stereocenters. The Morgan fingerprint density at radius 3 is 2.17 bits per heavy atom. The maximum atomic E-state index is 13.2. The number of anilines is 1. The maximum absolute atomic E-state index is 13.2.